The molecule has 2 aromatic carbocycles. The molecular formula is C20H21FN3O2+. The number of carbonyl (C=O) groups is 2. The molecular weight excluding hydrogens is 333 g/mol. The molecule has 0 radical (unpaired) electrons. The van der Waals surface area contributed by atoms with E-state index in [2.05, 4.69) is 5.32 Å². The Morgan fingerprint density at radius 1 is 1.15 bits per heavy atom. The van der Waals surface area contributed by atoms with Crippen LogP contribution in [-0.2, 0) is 16.1 Å². The average Bonchev–Trinajstić information content (AvgIpc) is 3.47. The molecule has 134 valence electrons. The van der Waals surface area contributed by atoms with Crippen LogP contribution < -0.4 is 15.1 Å². The Balaban J connectivity index is 1.52. The number of hydrogen-bond acceptors (Lipinski definition) is 2. The molecule has 2 aromatic rings. The van der Waals surface area contributed by atoms with Gasteiger partial charge in [-0.15, -0.1) is 0 Å². The molecule has 1 unspecified atom stereocenters. The van der Waals surface area contributed by atoms with E-state index in [4.69, 9.17) is 0 Å². The van der Waals surface area contributed by atoms with Gasteiger partial charge >= 0.3 is 0 Å². The van der Waals surface area contributed by atoms with Crippen LogP contribution in [0.2, 0.25) is 0 Å². The summed E-state index contributed by atoms with van der Waals surface area (Å²) in [7, 11) is 0. The topological polar surface area (TPSA) is 53.9 Å². The molecule has 4 rings (SSSR count). The fourth-order valence-electron chi connectivity index (χ4n) is 3.47. The van der Waals surface area contributed by atoms with Crippen molar-refractivity contribution in [2.24, 2.45) is 0 Å². The number of carbonyl (C=O) groups excluding carboxylic acids is 2. The van der Waals surface area contributed by atoms with Crippen LogP contribution in [0, 0.1) is 5.82 Å². The van der Waals surface area contributed by atoms with E-state index in [0.717, 1.165) is 23.4 Å². The van der Waals surface area contributed by atoms with Gasteiger partial charge in [-0.25, -0.2) is 4.39 Å². The van der Waals surface area contributed by atoms with Gasteiger partial charge in [0.05, 0.1) is 17.4 Å². The number of rotatable bonds is 5. The standard InChI is InChI=1S/C20H20FN3O2/c21-16-6-2-1-5-14(16)11-23(15-9-10-15)13-20(26)24-12-19(25)22-17-7-3-4-8-18(17)24/h1-8,15H,9-13H2,(H,22,25)/p+1. The van der Waals surface area contributed by atoms with Crippen molar-refractivity contribution in [2.45, 2.75) is 25.4 Å². The lowest BCUT2D eigenvalue weighted by atomic mass is 10.1. The van der Waals surface area contributed by atoms with E-state index in [-0.39, 0.29) is 30.7 Å². The Hall–Kier alpha value is -2.73. The highest BCUT2D eigenvalue weighted by atomic mass is 19.1. The number of para-hydroxylation sites is 2. The maximum atomic E-state index is 14.0. The summed E-state index contributed by atoms with van der Waals surface area (Å²) in [5.41, 5.74) is 2.00. The molecule has 1 fully saturated rings. The zero-order valence-corrected chi connectivity index (χ0v) is 14.4. The molecule has 5 nitrogen and oxygen atoms in total. The third-order valence-electron chi connectivity index (χ3n) is 4.98. The van der Waals surface area contributed by atoms with Crippen molar-refractivity contribution in [1.29, 1.82) is 0 Å². The van der Waals surface area contributed by atoms with Gasteiger partial charge in [-0.3, -0.25) is 14.5 Å². The minimum Gasteiger partial charge on any atom is -0.323 e. The third kappa shape index (κ3) is 3.46. The first-order valence-corrected chi connectivity index (χ1v) is 8.89. The lowest BCUT2D eigenvalue weighted by molar-refractivity contribution is -0.917. The van der Waals surface area contributed by atoms with E-state index in [1.54, 1.807) is 18.2 Å². The summed E-state index contributed by atoms with van der Waals surface area (Å²) < 4.78 is 14.0. The maximum absolute atomic E-state index is 14.0. The first-order valence-electron chi connectivity index (χ1n) is 8.89. The Bertz CT molecular complexity index is 850. The van der Waals surface area contributed by atoms with Gasteiger partial charge in [-0.1, -0.05) is 30.3 Å². The highest BCUT2D eigenvalue weighted by molar-refractivity contribution is 6.10. The van der Waals surface area contributed by atoms with Gasteiger partial charge in [0.1, 0.15) is 18.9 Å². The number of quaternary nitrogens is 1. The highest BCUT2D eigenvalue weighted by Crippen LogP contribution is 2.28. The van der Waals surface area contributed by atoms with Crippen molar-refractivity contribution in [3.63, 3.8) is 0 Å². The average molecular weight is 354 g/mol. The van der Waals surface area contributed by atoms with E-state index >= 15 is 0 Å². The van der Waals surface area contributed by atoms with Crippen molar-refractivity contribution in [3.05, 3.63) is 59.9 Å². The SMILES string of the molecule is O=C1CN(C(=O)C[NH+](Cc2ccccc2F)C2CC2)c2ccccc2N1. The molecule has 1 aliphatic carbocycles. The zero-order valence-electron chi connectivity index (χ0n) is 14.4. The summed E-state index contributed by atoms with van der Waals surface area (Å²) in [4.78, 5) is 27.5. The van der Waals surface area contributed by atoms with Crippen molar-refractivity contribution < 1.29 is 18.9 Å². The fraction of sp³-hybridized carbons (Fsp3) is 0.300. The third-order valence-corrected chi connectivity index (χ3v) is 4.98. The quantitative estimate of drug-likeness (QED) is 0.852. The van der Waals surface area contributed by atoms with Crippen LogP contribution in [0.1, 0.15) is 18.4 Å². The van der Waals surface area contributed by atoms with Crippen LogP contribution in [0.4, 0.5) is 15.8 Å². The van der Waals surface area contributed by atoms with Crippen molar-refractivity contribution in [1.82, 2.24) is 0 Å². The molecule has 1 atom stereocenters. The van der Waals surface area contributed by atoms with Gasteiger partial charge in [0.25, 0.3) is 5.91 Å². The van der Waals surface area contributed by atoms with Gasteiger partial charge in [-0.2, -0.15) is 0 Å². The number of anilines is 2. The second-order valence-electron chi connectivity index (χ2n) is 6.92. The largest absolute Gasteiger partial charge is 0.323 e. The lowest BCUT2D eigenvalue weighted by Crippen LogP contribution is -3.13. The summed E-state index contributed by atoms with van der Waals surface area (Å²) in [6, 6.07) is 14.4. The predicted molar refractivity (Wildman–Crippen MR) is 96.4 cm³/mol. The molecule has 0 bridgehead atoms. The second kappa shape index (κ2) is 6.88. The molecule has 0 saturated heterocycles. The highest BCUT2D eigenvalue weighted by Gasteiger charge is 2.37. The normalized spacial score (nSPS) is 17.4. The monoisotopic (exact) mass is 354 g/mol. The minimum atomic E-state index is -0.235. The Labute approximate surface area is 151 Å². The van der Waals surface area contributed by atoms with Crippen LogP contribution in [0.15, 0.2) is 48.5 Å². The number of benzene rings is 2. The summed E-state index contributed by atoms with van der Waals surface area (Å²) in [5, 5.41) is 2.79. The number of fused-ring (bicyclic) bond motifs is 1. The van der Waals surface area contributed by atoms with Crippen molar-refractivity contribution >= 4 is 23.2 Å². The molecule has 0 aromatic heterocycles. The van der Waals surface area contributed by atoms with Crippen LogP contribution in [0.5, 0.6) is 0 Å². The number of halogens is 1. The summed E-state index contributed by atoms with van der Waals surface area (Å²) in [6.07, 6.45) is 2.10. The number of nitrogens with zero attached hydrogens (tertiary/aromatic N) is 1. The summed E-state index contributed by atoms with van der Waals surface area (Å²) >= 11 is 0. The van der Waals surface area contributed by atoms with E-state index < -0.39 is 0 Å². The lowest BCUT2D eigenvalue weighted by Gasteiger charge is -2.30. The van der Waals surface area contributed by atoms with Crippen molar-refractivity contribution in [2.75, 3.05) is 23.3 Å². The zero-order chi connectivity index (χ0) is 18.1. The van der Waals surface area contributed by atoms with Gasteiger partial charge in [0.15, 0.2) is 6.54 Å². The summed E-state index contributed by atoms with van der Waals surface area (Å²) in [5.74, 6) is -0.537. The maximum Gasteiger partial charge on any atom is 0.282 e. The number of amides is 2. The number of hydrogen-bond donors (Lipinski definition) is 2. The van der Waals surface area contributed by atoms with E-state index in [1.165, 1.54) is 11.0 Å². The molecule has 2 amide bonds. The van der Waals surface area contributed by atoms with Gasteiger partial charge in [0.2, 0.25) is 5.91 Å². The molecule has 2 aliphatic rings. The molecule has 2 N–H and O–H groups in total. The first kappa shape index (κ1) is 16.7. The van der Waals surface area contributed by atoms with E-state index in [0.29, 0.717) is 23.8 Å². The van der Waals surface area contributed by atoms with E-state index in [9.17, 15) is 14.0 Å². The van der Waals surface area contributed by atoms with Crippen LogP contribution in [-0.4, -0.2) is 30.9 Å². The predicted octanol–water partition coefficient (Wildman–Crippen LogP) is 1.36. The summed E-state index contributed by atoms with van der Waals surface area (Å²) in [6.45, 7) is 0.749. The molecule has 1 aliphatic heterocycles. The Morgan fingerprint density at radius 2 is 1.88 bits per heavy atom. The van der Waals surface area contributed by atoms with E-state index in [1.807, 2.05) is 24.3 Å². The Morgan fingerprint density at radius 3 is 2.65 bits per heavy atom. The molecule has 6 heteroatoms. The number of nitrogens with one attached hydrogen (secondary N) is 2. The molecule has 1 heterocycles. The van der Waals surface area contributed by atoms with Gasteiger partial charge < -0.3 is 10.2 Å². The molecule has 26 heavy (non-hydrogen) atoms. The minimum absolute atomic E-state index is 0.0213. The fourth-order valence-corrected chi connectivity index (χ4v) is 3.47. The Kier molecular flexibility index (Phi) is 4.42. The van der Waals surface area contributed by atoms with Crippen LogP contribution in [0.3, 0.4) is 0 Å². The van der Waals surface area contributed by atoms with Crippen molar-refractivity contribution in [3.8, 4) is 0 Å². The van der Waals surface area contributed by atoms with Crippen LogP contribution >= 0.6 is 0 Å². The smallest absolute Gasteiger partial charge is 0.282 e. The van der Waals surface area contributed by atoms with Gasteiger partial charge in [-0.05, 0) is 18.2 Å². The first-order chi connectivity index (χ1) is 12.6. The molecule has 1 saturated carbocycles. The van der Waals surface area contributed by atoms with Crippen LogP contribution in [0.25, 0.3) is 0 Å². The van der Waals surface area contributed by atoms with Gasteiger partial charge in [0, 0.05) is 18.4 Å². The second-order valence-corrected chi connectivity index (χ2v) is 6.92. The molecule has 0 spiro atoms.